The number of fused-ring (bicyclic) bond motifs is 1. The number of rotatable bonds is 2. The lowest BCUT2D eigenvalue weighted by Gasteiger charge is -2.16. The van der Waals surface area contributed by atoms with Gasteiger partial charge in [0.25, 0.3) is 0 Å². The first-order chi connectivity index (χ1) is 9.66. The maximum absolute atomic E-state index is 6.15. The second-order valence-electron chi connectivity index (χ2n) is 4.93. The van der Waals surface area contributed by atoms with E-state index in [1.807, 2.05) is 12.1 Å². The summed E-state index contributed by atoms with van der Waals surface area (Å²) in [6.07, 6.45) is 0. The third-order valence-corrected chi connectivity index (χ3v) is 4.83. The zero-order chi connectivity index (χ0) is 14.1. The van der Waals surface area contributed by atoms with Crippen LogP contribution in [-0.4, -0.2) is 0 Å². The smallest absolute Gasteiger partial charge is 0.0653 e. The van der Waals surface area contributed by atoms with Crippen molar-refractivity contribution < 1.29 is 0 Å². The first kappa shape index (κ1) is 13.7. The quantitative estimate of drug-likeness (QED) is 0.479. The highest BCUT2D eigenvalue weighted by Gasteiger charge is 2.15. The fourth-order valence-electron chi connectivity index (χ4n) is 2.52. The monoisotopic (exact) mass is 344 g/mol. The third kappa shape index (κ3) is 2.48. The molecular formula is C18H14BrCl. The van der Waals surface area contributed by atoms with Crippen molar-refractivity contribution in [3.63, 3.8) is 0 Å². The molecule has 0 N–H and O–H groups in total. The Hall–Kier alpha value is -1.31. The molecule has 0 radical (unpaired) electrons. The second kappa shape index (κ2) is 5.59. The van der Waals surface area contributed by atoms with Crippen molar-refractivity contribution >= 4 is 38.3 Å². The molecule has 2 heteroatoms. The number of halogens is 2. The summed E-state index contributed by atoms with van der Waals surface area (Å²) in [5, 5.41) is 3.31. The number of alkyl halides is 1. The zero-order valence-electron chi connectivity index (χ0n) is 11.1. The van der Waals surface area contributed by atoms with E-state index in [9.17, 15) is 0 Å². The highest BCUT2D eigenvalue weighted by molar-refractivity contribution is 9.09. The molecule has 3 aromatic rings. The standard InChI is InChI=1S/C18H14BrCl/c1-12-9-10-14(20)11-17(12)18(19)16-8-4-6-13-5-2-3-7-15(13)16/h2-11,18H,1H3. The highest BCUT2D eigenvalue weighted by Crippen LogP contribution is 2.37. The summed E-state index contributed by atoms with van der Waals surface area (Å²) in [5.41, 5.74) is 3.73. The third-order valence-electron chi connectivity index (χ3n) is 3.61. The van der Waals surface area contributed by atoms with Crippen molar-refractivity contribution in [2.75, 3.05) is 0 Å². The van der Waals surface area contributed by atoms with E-state index >= 15 is 0 Å². The summed E-state index contributed by atoms with van der Waals surface area (Å²) in [5.74, 6) is 0. The van der Waals surface area contributed by atoms with E-state index < -0.39 is 0 Å². The Morgan fingerprint density at radius 1 is 0.900 bits per heavy atom. The number of aryl methyl sites for hydroxylation is 1. The zero-order valence-corrected chi connectivity index (χ0v) is 13.4. The first-order valence-corrected chi connectivity index (χ1v) is 7.84. The molecule has 0 saturated carbocycles. The highest BCUT2D eigenvalue weighted by atomic mass is 79.9. The van der Waals surface area contributed by atoms with Gasteiger partial charge in [-0.3, -0.25) is 0 Å². The Morgan fingerprint density at radius 2 is 1.65 bits per heavy atom. The molecule has 0 aliphatic heterocycles. The predicted octanol–water partition coefficient (Wildman–Crippen LogP) is 6.29. The molecule has 100 valence electrons. The number of benzene rings is 3. The average Bonchev–Trinajstić information content (AvgIpc) is 2.48. The molecule has 0 aliphatic carbocycles. The van der Waals surface area contributed by atoms with E-state index in [2.05, 4.69) is 71.4 Å². The van der Waals surface area contributed by atoms with Crippen molar-refractivity contribution in [2.45, 2.75) is 11.8 Å². The van der Waals surface area contributed by atoms with E-state index in [0.29, 0.717) is 0 Å². The van der Waals surface area contributed by atoms with Crippen LogP contribution in [0.2, 0.25) is 5.02 Å². The molecule has 0 aromatic heterocycles. The molecule has 1 unspecified atom stereocenters. The van der Waals surface area contributed by atoms with Crippen LogP contribution in [0.1, 0.15) is 21.5 Å². The Labute approximate surface area is 132 Å². The molecule has 0 nitrogen and oxygen atoms in total. The van der Waals surface area contributed by atoms with Crippen molar-refractivity contribution in [1.29, 1.82) is 0 Å². The van der Waals surface area contributed by atoms with Gasteiger partial charge >= 0.3 is 0 Å². The van der Waals surface area contributed by atoms with Crippen LogP contribution in [0.4, 0.5) is 0 Å². The molecule has 1 atom stereocenters. The van der Waals surface area contributed by atoms with Gasteiger partial charge in [0.15, 0.2) is 0 Å². The Bertz CT molecular complexity index is 759. The minimum absolute atomic E-state index is 0.146. The van der Waals surface area contributed by atoms with Crippen LogP contribution in [0, 0.1) is 6.92 Å². The van der Waals surface area contributed by atoms with Gasteiger partial charge in [-0.05, 0) is 46.5 Å². The van der Waals surface area contributed by atoms with Gasteiger partial charge < -0.3 is 0 Å². The minimum atomic E-state index is 0.146. The Balaban J connectivity index is 2.17. The van der Waals surface area contributed by atoms with E-state index in [-0.39, 0.29) is 4.83 Å². The van der Waals surface area contributed by atoms with Gasteiger partial charge in [-0.15, -0.1) is 0 Å². The average molecular weight is 346 g/mol. The molecule has 0 saturated heterocycles. The van der Waals surface area contributed by atoms with Crippen molar-refractivity contribution in [2.24, 2.45) is 0 Å². The first-order valence-electron chi connectivity index (χ1n) is 6.54. The van der Waals surface area contributed by atoms with Crippen molar-refractivity contribution in [3.8, 4) is 0 Å². The van der Waals surface area contributed by atoms with Gasteiger partial charge in [0, 0.05) is 5.02 Å². The molecule has 0 spiro atoms. The van der Waals surface area contributed by atoms with Gasteiger partial charge in [0.1, 0.15) is 0 Å². The number of hydrogen-bond donors (Lipinski definition) is 0. The van der Waals surface area contributed by atoms with E-state index in [4.69, 9.17) is 11.6 Å². The Kier molecular flexibility index (Phi) is 3.82. The summed E-state index contributed by atoms with van der Waals surface area (Å²) in [6, 6.07) is 20.9. The van der Waals surface area contributed by atoms with Crippen molar-refractivity contribution in [1.82, 2.24) is 0 Å². The molecule has 20 heavy (non-hydrogen) atoms. The molecule has 0 aliphatic rings. The topological polar surface area (TPSA) is 0 Å². The van der Waals surface area contributed by atoms with Gasteiger partial charge in [-0.2, -0.15) is 0 Å². The second-order valence-corrected chi connectivity index (χ2v) is 6.28. The van der Waals surface area contributed by atoms with E-state index in [1.54, 1.807) is 0 Å². The summed E-state index contributed by atoms with van der Waals surface area (Å²) in [6.45, 7) is 2.12. The normalized spacial score (nSPS) is 12.6. The van der Waals surface area contributed by atoms with E-state index in [0.717, 1.165) is 5.02 Å². The fourth-order valence-corrected chi connectivity index (χ4v) is 3.60. The Morgan fingerprint density at radius 3 is 2.50 bits per heavy atom. The maximum atomic E-state index is 6.15. The number of hydrogen-bond acceptors (Lipinski definition) is 0. The summed E-state index contributed by atoms with van der Waals surface area (Å²) < 4.78 is 0. The van der Waals surface area contributed by atoms with Crippen LogP contribution in [-0.2, 0) is 0 Å². The van der Waals surface area contributed by atoms with Crippen LogP contribution >= 0.6 is 27.5 Å². The summed E-state index contributed by atoms with van der Waals surface area (Å²) >= 11 is 9.99. The fraction of sp³-hybridized carbons (Fsp3) is 0.111. The summed E-state index contributed by atoms with van der Waals surface area (Å²) in [7, 11) is 0. The van der Waals surface area contributed by atoms with Crippen molar-refractivity contribution in [3.05, 3.63) is 82.4 Å². The molecule has 0 bridgehead atoms. The lowest BCUT2D eigenvalue weighted by molar-refractivity contribution is 1.16. The largest absolute Gasteiger partial charge is 0.0843 e. The maximum Gasteiger partial charge on any atom is 0.0653 e. The van der Waals surface area contributed by atoms with Crippen LogP contribution in [0.5, 0.6) is 0 Å². The molecule has 0 amide bonds. The summed E-state index contributed by atoms with van der Waals surface area (Å²) in [4.78, 5) is 0.146. The van der Waals surface area contributed by atoms with Crippen LogP contribution in [0.25, 0.3) is 10.8 Å². The molecule has 3 rings (SSSR count). The predicted molar refractivity (Wildman–Crippen MR) is 90.9 cm³/mol. The van der Waals surface area contributed by atoms with Crippen LogP contribution < -0.4 is 0 Å². The van der Waals surface area contributed by atoms with Crippen LogP contribution in [0.3, 0.4) is 0 Å². The van der Waals surface area contributed by atoms with E-state index in [1.165, 1.54) is 27.5 Å². The van der Waals surface area contributed by atoms with Gasteiger partial charge in [-0.1, -0.05) is 76.1 Å². The van der Waals surface area contributed by atoms with Gasteiger partial charge in [0.05, 0.1) is 4.83 Å². The molecule has 3 aromatic carbocycles. The lowest BCUT2D eigenvalue weighted by atomic mass is 9.96. The SMILES string of the molecule is Cc1ccc(Cl)cc1C(Br)c1cccc2ccccc12. The molecular weight excluding hydrogens is 332 g/mol. The van der Waals surface area contributed by atoms with Gasteiger partial charge in [-0.25, -0.2) is 0 Å². The lowest BCUT2D eigenvalue weighted by Crippen LogP contribution is -1.97. The molecule has 0 fully saturated rings. The minimum Gasteiger partial charge on any atom is -0.0843 e. The molecule has 0 heterocycles. The van der Waals surface area contributed by atoms with Gasteiger partial charge in [0.2, 0.25) is 0 Å². The van der Waals surface area contributed by atoms with Crippen LogP contribution in [0.15, 0.2) is 60.7 Å².